The van der Waals surface area contributed by atoms with Crippen molar-refractivity contribution in [3.8, 4) is 0 Å². The van der Waals surface area contributed by atoms with Gasteiger partial charge in [0.25, 0.3) is 11.8 Å². The van der Waals surface area contributed by atoms with Gasteiger partial charge in [0.1, 0.15) is 0 Å². The summed E-state index contributed by atoms with van der Waals surface area (Å²) in [6.07, 6.45) is 1.75. The molecule has 0 fully saturated rings. The monoisotopic (exact) mass is 726 g/mol. The SMILES string of the molecule is CC.Cc1cc2ccc(=O)[nH]c2cc1C(=O)NC(C)c1cccc2ccccc12.Cc1cc2cccnc2cc1C(=O)NC(C)c1cccc2ccccc12. The molecule has 0 radical (unpaired) electrons. The van der Waals surface area contributed by atoms with Crippen molar-refractivity contribution in [2.75, 3.05) is 0 Å². The molecule has 8 rings (SSSR count). The second-order valence-electron chi connectivity index (χ2n) is 13.5. The van der Waals surface area contributed by atoms with Crippen LogP contribution in [0.3, 0.4) is 0 Å². The van der Waals surface area contributed by atoms with Crippen LogP contribution in [0.15, 0.2) is 144 Å². The molecule has 6 aromatic carbocycles. The van der Waals surface area contributed by atoms with Crippen LogP contribution in [0, 0.1) is 13.8 Å². The first-order valence-electron chi connectivity index (χ1n) is 18.7. The zero-order valence-electron chi connectivity index (χ0n) is 32.1. The summed E-state index contributed by atoms with van der Waals surface area (Å²) in [5.41, 5.74) is 6.57. The Bertz CT molecular complexity index is 2710. The Kier molecular flexibility index (Phi) is 11.8. The normalized spacial score (nSPS) is 11.9. The van der Waals surface area contributed by atoms with Crippen LogP contribution in [0.2, 0.25) is 0 Å². The van der Waals surface area contributed by atoms with Gasteiger partial charge in [-0.2, -0.15) is 0 Å². The maximum absolute atomic E-state index is 12.9. The van der Waals surface area contributed by atoms with Gasteiger partial charge in [-0.1, -0.05) is 105 Å². The van der Waals surface area contributed by atoms with Gasteiger partial charge >= 0.3 is 0 Å². The average Bonchev–Trinajstić information content (AvgIpc) is 3.20. The first-order valence-corrected chi connectivity index (χ1v) is 18.7. The highest BCUT2D eigenvalue weighted by atomic mass is 16.2. The van der Waals surface area contributed by atoms with Gasteiger partial charge in [-0.15, -0.1) is 0 Å². The number of amides is 2. The Morgan fingerprint density at radius 2 is 1.05 bits per heavy atom. The zero-order valence-corrected chi connectivity index (χ0v) is 32.1. The van der Waals surface area contributed by atoms with E-state index in [1.165, 1.54) is 16.8 Å². The maximum atomic E-state index is 12.9. The summed E-state index contributed by atoms with van der Waals surface area (Å²) >= 11 is 0. The molecule has 55 heavy (non-hydrogen) atoms. The van der Waals surface area contributed by atoms with Crippen LogP contribution in [-0.4, -0.2) is 21.8 Å². The van der Waals surface area contributed by atoms with Crippen molar-refractivity contribution in [2.45, 2.75) is 53.6 Å². The molecule has 276 valence electrons. The van der Waals surface area contributed by atoms with Crippen LogP contribution in [0.5, 0.6) is 0 Å². The molecule has 0 aliphatic heterocycles. The summed E-state index contributed by atoms with van der Waals surface area (Å²) in [5, 5.41) is 12.8. The fourth-order valence-electron chi connectivity index (χ4n) is 7.00. The quantitative estimate of drug-likeness (QED) is 0.159. The summed E-state index contributed by atoms with van der Waals surface area (Å²) in [7, 11) is 0. The van der Waals surface area contributed by atoms with Crippen molar-refractivity contribution in [3.05, 3.63) is 183 Å². The van der Waals surface area contributed by atoms with Gasteiger partial charge in [0, 0.05) is 34.3 Å². The lowest BCUT2D eigenvalue weighted by Gasteiger charge is -2.18. The number of fused-ring (bicyclic) bond motifs is 4. The second-order valence-corrected chi connectivity index (χ2v) is 13.5. The van der Waals surface area contributed by atoms with Crippen LogP contribution in [0.4, 0.5) is 0 Å². The van der Waals surface area contributed by atoms with E-state index >= 15 is 0 Å². The molecule has 0 bridgehead atoms. The Labute approximate surface area is 321 Å². The third kappa shape index (κ3) is 8.47. The molecule has 0 saturated heterocycles. The van der Waals surface area contributed by atoms with E-state index in [9.17, 15) is 14.4 Å². The molecule has 7 heteroatoms. The van der Waals surface area contributed by atoms with Gasteiger partial charge in [-0.3, -0.25) is 19.4 Å². The lowest BCUT2D eigenvalue weighted by molar-refractivity contribution is 0.0931. The molecule has 0 aliphatic rings. The number of aromatic nitrogens is 2. The summed E-state index contributed by atoms with van der Waals surface area (Å²) in [6.45, 7) is 11.9. The minimum absolute atomic E-state index is 0.0736. The fourth-order valence-corrected chi connectivity index (χ4v) is 7.00. The standard InChI is InChI=1S/C23H20N2O2.C23H20N2O.C2H6/c1-14-12-17-10-11-22(26)25-21(17)13-20(14)23(27)24-15(2)18-9-5-7-16-6-3-4-8-19(16)18;1-15-13-18-9-6-12-24-22(18)14-21(15)23(26)25-16(2)19-11-5-8-17-7-3-4-10-20(17)19;1-2/h3-13,15H,1-2H3,(H,24,27)(H,25,26);3-14,16H,1-2H3,(H,25,26);1-2H3. The van der Waals surface area contributed by atoms with Crippen LogP contribution >= 0.6 is 0 Å². The first-order chi connectivity index (χ1) is 26.7. The zero-order chi connectivity index (χ0) is 39.1. The number of aromatic amines is 1. The Morgan fingerprint density at radius 3 is 1.64 bits per heavy atom. The highest BCUT2D eigenvalue weighted by Gasteiger charge is 2.18. The fraction of sp³-hybridized carbons (Fsp3) is 0.167. The molecule has 2 aromatic heterocycles. The van der Waals surface area contributed by atoms with Gasteiger partial charge in [-0.05, 0) is 113 Å². The number of nitrogens with zero attached hydrogens (tertiary/aromatic N) is 1. The van der Waals surface area contributed by atoms with Gasteiger partial charge in [0.15, 0.2) is 0 Å². The van der Waals surface area contributed by atoms with E-state index in [2.05, 4.69) is 63.1 Å². The van der Waals surface area contributed by atoms with Gasteiger partial charge in [0.2, 0.25) is 5.56 Å². The number of rotatable bonds is 6. The van der Waals surface area contributed by atoms with Gasteiger partial charge in [-0.25, -0.2) is 0 Å². The van der Waals surface area contributed by atoms with E-state index in [1.54, 1.807) is 18.3 Å². The topological polar surface area (TPSA) is 104 Å². The molecule has 2 atom stereocenters. The van der Waals surface area contributed by atoms with E-state index in [4.69, 9.17) is 0 Å². The van der Waals surface area contributed by atoms with Crippen LogP contribution < -0.4 is 16.2 Å². The number of hydrogen-bond donors (Lipinski definition) is 3. The second kappa shape index (κ2) is 17.0. The molecule has 7 nitrogen and oxygen atoms in total. The van der Waals surface area contributed by atoms with Crippen LogP contribution in [-0.2, 0) is 0 Å². The highest BCUT2D eigenvalue weighted by Crippen LogP contribution is 2.27. The average molecular weight is 727 g/mol. The Hall–Kier alpha value is -6.60. The van der Waals surface area contributed by atoms with Gasteiger partial charge in [0.05, 0.1) is 17.6 Å². The number of pyridine rings is 2. The van der Waals surface area contributed by atoms with Crippen molar-refractivity contribution in [3.63, 3.8) is 0 Å². The molecule has 2 heterocycles. The lowest BCUT2D eigenvalue weighted by Crippen LogP contribution is -2.27. The minimum Gasteiger partial charge on any atom is -0.345 e. The molecule has 0 aliphatic carbocycles. The number of nitrogens with one attached hydrogen (secondary N) is 3. The summed E-state index contributed by atoms with van der Waals surface area (Å²) in [6, 6.07) is 43.2. The highest BCUT2D eigenvalue weighted by molar-refractivity contribution is 6.01. The van der Waals surface area contributed by atoms with E-state index in [1.807, 2.05) is 114 Å². The van der Waals surface area contributed by atoms with Gasteiger partial charge < -0.3 is 15.6 Å². The molecule has 2 unspecified atom stereocenters. The Balaban J connectivity index is 0.000000179. The first kappa shape index (κ1) is 38.1. The number of carbonyl (C=O) groups excluding carboxylic acids is 2. The van der Waals surface area contributed by atoms with Crippen LogP contribution in [0.1, 0.15) is 82.7 Å². The number of H-pyrrole nitrogens is 1. The molecule has 3 N–H and O–H groups in total. The summed E-state index contributed by atoms with van der Waals surface area (Å²) in [4.78, 5) is 44.5. The number of aryl methyl sites for hydroxylation is 2. The predicted molar refractivity (Wildman–Crippen MR) is 227 cm³/mol. The van der Waals surface area contributed by atoms with E-state index in [0.29, 0.717) is 16.6 Å². The number of carbonyl (C=O) groups is 2. The lowest BCUT2D eigenvalue weighted by atomic mass is 9.99. The number of hydrogen-bond acceptors (Lipinski definition) is 4. The molecule has 8 aromatic rings. The summed E-state index contributed by atoms with van der Waals surface area (Å²) in [5.74, 6) is -0.227. The van der Waals surface area contributed by atoms with Crippen LogP contribution in [0.25, 0.3) is 43.4 Å². The van der Waals surface area contributed by atoms with E-state index in [0.717, 1.165) is 49.3 Å². The summed E-state index contributed by atoms with van der Waals surface area (Å²) < 4.78 is 0. The van der Waals surface area contributed by atoms with Crippen molar-refractivity contribution < 1.29 is 9.59 Å². The molecule has 0 saturated carbocycles. The van der Waals surface area contributed by atoms with E-state index in [-0.39, 0.29) is 29.5 Å². The predicted octanol–water partition coefficient (Wildman–Crippen LogP) is 10.7. The largest absolute Gasteiger partial charge is 0.345 e. The third-order valence-corrected chi connectivity index (χ3v) is 9.78. The van der Waals surface area contributed by atoms with E-state index < -0.39 is 0 Å². The maximum Gasteiger partial charge on any atom is 0.252 e. The molecule has 0 spiro atoms. The molecule has 2 amide bonds. The molecular weight excluding hydrogens is 681 g/mol. The minimum atomic E-state index is -0.179. The Morgan fingerprint density at radius 1 is 0.564 bits per heavy atom. The third-order valence-electron chi connectivity index (χ3n) is 9.78. The van der Waals surface area contributed by atoms with Crippen molar-refractivity contribution in [2.24, 2.45) is 0 Å². The van der Waals surface area contributed by atoms with Crippen molar-refractivity contribution >= 4 is 55.2 Å². The smallest absolute Gasteiger partial charge is 0.252 e. The van der Waals surface area contributed by atoms with Crippen molar-refractivity contribution in [1.29, 1.82) is 0 Å². The molecular formula is C48H46N4O3. The number of benzene rings is 6. The van der Waals surface area contributed by atoms with Crippen molar-refractivity contribution in [1.82, 2.24) is 20.6 Å².